The highest BCUT2D eigenvalue weighted by molar-refractivity contribution is 7.91. The molecule has 0 aromatic heterocycles. The Morgan fingerprint density at radius 3 is 2.58 bits per heavy atom. The molecular weight excluding hydrogens is 350 g/mol. The highest BCUT2D eigenvalue weighted by Gasteiger charge is 2.37. The molecule has 4 rings (SSSR count). The number of fused-ring (bicyclic) bond motifs is 1. The fourth-order valence-corrected chi connectivity index (χ4v) is 5.36. The van der Waals surface area contributed by atoms with E-state index in [1.54, 1.807) is 18.2 Å². The first-order valence-corrected chi connectivity index (χ1v) is 10.4. The van der Waals surface area contributed by atoms with E-state index in [1.165, 1.54) is 0 Å². The molecule has 3 atom stereocenters. The Hall–Kier alpha value is -2.22. The number of rotatable bonds is 3. The molecule has 26 heavy (non-hydrogen) atoms. The van der Waals surface area contributed by atoms with Gasteiger partial charge in [-0.15, -0.1) is 0 Å². The largest absolute Gasteiger partial charge is 0.349 e. The van der Waals surface area contributed by atoms with Gasteiger partial charge in [0.1, 0.15) is 0 Å². The number of sulfone groups is 1. The Balaban J connectivity index is 1.55. The van der Waals surface area contributed by atoms with Gasteiger partial charge in [-0.1, -0.05) is 48.5 Å². The average Bonchev–Trinajstić information content (AvgIpc) is 3.15. The van der Waals surface area contributed by atoms with Gasteiger partial charge in [-0.3, -0.25) is 10.2 Å². The maximum Gasteiger partial charge on any atom is 0.226 e. The second-order valence-electron chi connectivity index (χ2n) is 6.73. The molecule has 0 aliphatic carbocycles. The van der Waals surface area contributed by atoms with Crippen LogP contribution >= 0.6 is 0 Å². The minimum Gasteiger partial charge on any atom is -0.349 e. The van der Waals surface area contributed by atoms with Gasteiger partial charge in [0.2, 0.25) is 5.91 Å². The molecule has 2 heterocycles. The van der Waals surface area contributed by atoms with Crippen LogP contribution in [0.4, 0.5) is 0 Å². The third kappa shape index (κ3) is 3.13. The summed E-state index contributed by atoms with van der Waals surface area (Å²) in [5, 5.41) is 3.07. The van der Waals surface area contributed by atoms with Gasteiger partial charge in [-0.2, -0.15) is 0 Å². The predicted octanol–water partition coefficient (Wildman–Crippen LogP) is 1.49. The molecule has 0 bridgehead atoms. The number of nitrogens with one attached hydrogen (secondary N) is 3. The molecule has 3 unspecified atom stereocenters. The SMILES string of the molecule is O=C(NC1CCS(=O)(=O)c2ccccc21)C1CNNC1c1ccccc1. The van der Waals surface area contributed by atoms with Crippen molar-refractivity contribution in [2.45, 2.75) is 23.4 Å². The lowest BCUT2D eigenvalue weighted by molar-refractivity contribution is -0.125. The second kappa shape index (κ2) is 6.83. The van der Waals surface area contributed by atoms with Gasteiger partial charge in [0, 0.05) is 6.54 Å². The van der Waals surface area contributed by atoms with Crippen molar-refractivity contribution in [2.24, 2.45) is 5.92 Å². The monoisotopic (exact) mass is 371 g/mol. The zero-order valence-corrected chi connectivity index (χ0v) is 15.0. The third-order valence-electron chi connectivity index (χ3n) is 5.10. The lowest BCUT2D eigenvalue weighted by Gasteiger charge is -2.28. The van der Waals surface area contributed by atoms with Crippen molar-refractivity contribution in [1.82, 2.24) is 16.2 Å². The number of hydrogen-bond acceptors (Lipinski definition) is 5. The van der Waals surface area contributed by atoms with Crippen molar-refractivity contribution in [3.63, 3.8) is 0 Å². The molecule has 7 heteroatoms. The van der Waals surface area contributed by atoms with E-state index in [0.29, 0.717) is 23.4 Å². The molecule has 6 nitrogen and oxygen atoms in total. The van der Waals surface area contributed by atoms with Gasteiger partial charge in [-0.05, 0) is 23.6 Å². The Bertz CT molecular complexity index is 915. The summed E-state index contributed by atoms with van der Waals surface area (Å²) in [6.45, 7) is 0.526. The van der Waals surface area contributed by atoms with Crippen LogP contribution in [0.2, 0.25) is 0 Å². The summed E-state index contributed by atoms with van der Waals surface area (Å²) in [5.74, 6) is -0.281. The van der Waals surface area contributed by atoms with E-state index in [-0.39, 0.29) is 29.7 Å². The quantitative estimate of drug-likeness (QED) is 0.761. The standard InChI is InChI=1S/C19H21N3O3S/c23-19(15-12-20-22-18(15)13-6-2-1-3-7-13)21-16-10-11-26(24,25)17-9-5-4-8-14(16)17/h1-9,15-16,18,20,22H,10-12H2,(H,21,23). The molecule has 136 valence electrons. The Labute approximate surface area is 152 Å². The van der Waals surface area contributed by atoms with Crippen LogP contribution in [0.15, 0.2) is 59.5 Å². The van der Waals surface area contributed by atoms with Gasteiger partial charge in [0.05, 0.1) is 28.6 Å². The van der Waals surface area contributed by atoms with Gasteiger partial charge in [-0.25, -0.2) is 13.8 Å². The number of hydrazine groups is 1. The van der Waals surface area contributed by atoms with Gasteiger partial charge in [0.15, 0.2) is 9.84 Å². The van der Waals surface area contributed by atoms with Crippen molar-refractivity contribution in [3.05, 3.63) is 65.7 Å². The topological polar surface area (TPSA) is 87.3 Å². The highest BCUT2D eigenvalue weighted by atomic mass is 32.2. The first-order valence-electron chi connectivity index (χ1n) is 8.72. The zero-order chi connectivity index (χ0) is 18.1. The zero-order valence-electron chi connectivity index (χ0n) is 14.2. The molecule has 2 aromatic rings. The molecule has 2 aliphatic heterocycles. The number of carbonyl (C=O) groups excluding carboxylic acids is 1. The third-order valence-corrected chi connectivity index (χ3v) is 6.91. The van der Waals surface area contributed by atoms with E-state index in [0.717, 1.165) is 5.56 Å². The lowest BCUT2D eigenvalue weighted by Crippen LogP contribution is -2.39. The van der Waals surface area contributed by atoms with Crippen molar-refractivity contribution in [1.29, 1.82) is 0 Å². The van der Waals surface area contributed by atoms with Crippen LogP contribution in [0.5, 0.6) is 0 Å². The molecule has 0 spiro atoms. The van der Waals surface area contributed by atoms with Crippen molar-refractivity contribution in [3.8, 4) is 0 Å². The van der Waals surface area contributed by atoms with E-state index in [1.807, 2.05) is 36.4 Å². The molecule has 2 aromatic carbocycles. The average molecular weight is 371 g/mol. The maximum atomic E-state index is 12.9. The van der Waals surface area contributed by atoms with E-state index in [9.17, 15) is 13.2 Å². The van der Waals surface area contributed by atoms with E-state index < -0.39 is 9.84 Å². The molecule has 1 saturated heterocycles. The maximum absolute atomic E-state index is 12.9. The van der Waals surface area contributed by atoms with Crippen LogP contribution in [-0.4, -0.2) is 26.6 Å². The summed E-state index contributed by atoms with van der Waals surface area (Å²) in [4.78, 5) is 13.3. The summed E-state index contributed by atoms with van der Waals surface area (Å²) in [5.41, 5.74) is 7.96. The number of carbonyl (C=O) groups is 1. The molecule has 1 fully saturated rings. The second-order valence-corrected chi connectivity index (χ2v) is 8.80. The van der Waals surface area contributed by atoms with Crippen LogP contribution in [0, 0.1) is 5.92 Å². The fourth-order valence-electron chi connectivity index (χ4n) is 3.74. The highest BCUT2D eigenvalue weighted by Crippen LogP contribution is 2.33. The molecule has 1 amide bonds. The number of benzene rings is 2. The van der Waals surface area contributed by atoms with Crippen LogP contribution < -0.4 is 16.2 Å². The Morgan fingerprint density at radius 2 is 1.77 bits per heavy atom. The molecule has 3 N–H and O–H groups in total. The van der Waals surface area contributed by atoms with Crippen LogP contribution in [0.25, 0.3) is 0 Å². The van der Waals surface area contributed by atoms with Crippen molar-refractivity contribution >= 4 is 15.7 Å². The Kier molecular flexibility index (Phi) is 4.52. The van der Waals surface area contributed by atoms with Crippen LogP contribution in [0.1, 0.15) is 29.6 Å². The van der Waals surface area contributed by atoms with E-state index in [4.69, 9.17) is 0 Å². The molecular formula is C19H21N3O3S. The summed E-state index contributed by atoms with van der Waals surface area (Å²) in [6.07, 6.45) is 0.397. The fraction of sp³-hybridized carbons (Fsp3) is 0.316. The van der Waals surface area contributed by atoms with Crippen molar-refractivity contribution < 1.29 is 13.2 Å². The summed E-state index contributed by atoms with van der Waals surface area (Å²) >= 11 is 0. The van der Waals surface area contributed by atoms with E-state index >= 15 is 0 Å². The predicted molar refractivity (Wildman–Crippen MR) is 97.8 cm³/mol. The summed E-state index contributed by atoms with van der Waals surface area (Å²) < 4.78 is 24.5. The molecule has 0 radical (unpaired) electrons. The van der Waals surface area contributed by atoms with Crippen molar-refractivity contribution in [2.75, 3.05) is 12.3 Å². The van der Waals surface area contributed by atoms with E-state index in [2.05, 4.69) is 16.2 Å². The minimum atomic E-state index is -3.26. The first-order chi connectivity index (χ1) is 12.6. The van der Waals surface area contributed by atoms with Gasteiger partial charge >= 0.3 is 0 Å². The molecule has 0 saturated carbocycles. The number of hydrogen-bond donors (Lipinski definition) is 3. The summed E-state index contributed by atoms with van der Waals surface area (Å²) in [6, 6.07) is 16.4. The number of amides is 1. The summed E-state index contributed by atoms with van der Waals surface area (Å²) in [7, 11) is -3.26. The lowest BCUT2D eigenvalue weighted by atomic mass is 9.93. The first kappa shape index (κ1) is 17.2. The van der Waals surface area contributed by atoms with Crippen LogP contribution in [-0.2, 0) is 14.6 Å². The minimum absolute atomic E-state index is 0.0538. The van der Waals surface area contributed by atoms with Gasteiger partial charge in [0.25, 0.3) is 0 Å². The Morgan fingerprint density at radius 1 is 1.04 bits per heavy atom. The normalized spacial score (nSPS) is 26.8. The smallest absolute Gasteiger partial charge is 0.226 e. The van der Waals surface area contributed by atoms with Gasteiger partial charge < -0.3 is 5.32 Å². The van der Waals surface area contributed by atoms with Crippen LogP contribution in [0.3, 0.4) is 0 Å². The molecule has 2 aliphatic rings.